The Morgan fingerprint density at radius 3 is 3.00 bits per heavy atom. The van der Waals surface area contributed by atoms with Crippen molar-refractivity contribution >= 4 is 5.69 Å². The van der Waals surface area contributed by atoms with Gasteiger partial charge in [0.25, 0.3) is 0 Å². The Morgan fingerprint density at radius 1 is 1.47 bits per heavy atom. The van der Waals surface area contributed by atoms with E-state index in [0.29, 0.717) is 19.1 Å². The molecule has 1 aromatic rings. The van der Waals surface area contributed by atoms with Crippen LogP contribution in [-0.2, 0) is 0 Å². The SMILES string of the molecule is CCC(C)Nc1cccc(OCCCC#N)c1. The van der Waals surface area contributed by atoms with Gasteiger partial charge in [-0.25, -0.2) is 0 Å². The van der Waals surface area contributed by atoms with Crippen LogP contribution in [0, 0.1) is 11.3 Å². The Labute approximate surface area is 103 Å². The highest BCUT2D eigenvalue weighted by molar-refractivity contribution is 5.48. The van der Waals surface area contributed by atoms with Gasteiger partial charge < -0.3 is 10.1 Å². The van der Waals surface area contributed by atoms with Crippen molar-refractivity contribution in [2.75, 3.05) is 11.9 Å². The average molecular weight is 232 g/mol. The molecule has 0 saturated heterocycles. The number of unbranched alkanes of at least 4 members (excludes halogenated alkanes) is 1. The molecule has 0 saturated carbocycles. The van der Waals surface area contributed by atoms with Crippen molar-refractivity contribution in [2.24, 2.45) is 0 Å². The van der Waals surface area contributed by atoms with E-state index in [1.807, 2.05) is 24.3 Å². The molecule has 1 aromatic carbocycles. The first-order valence-electron chi connectivity index (χ1n) is 6.12. The molecule has 3 heteroatoms. The summed E-state index contributed by atoms with van der Waals surface area (Å²) in [7, 11) is 0. The molecule has 0 aliphatic rings. The number of hydrogen-bond acceptors (Lipinski definition) is 3. The number of rotatable bonds is 7. The van der Waals surface area contributed by atoms with E-state index in [2.05, 4.69) is 25.2 Å². The third-order valence-electron chi connectivity index (χ3n) is 2.56. The van der Waals surface area contributed by atoms with Crippen molar-refractivity contribution < 1.29 is 4.74 Å². The third-order valence-corrected chi connectivity index (χ3v) is 2.56. The van der Waals surface area contributed by atoms with Gasteiger partial charge in [-0.3, -0.25) is 0 Å². The molecule has 17 heavy (non-hydrogen) atoms. The lowest BCUT2D eigenvalue weighted by molar-refractivity contribution is 0.313. The normalized spacial score (nSPS) is 11.6. The lowest BCUT2D eigenvalue weighted by Crippen LogP contribution is -2.13. The van der Waals surface area contributed by atoms with E-state index in [9.17, 15) is 0 Å². The number of nitrogens with zero attached hydrogens (tertiary/aromatic N) is 1. The van der Waals surface area contributed by atoms with Gasteiger partial charge in [0.1, 0.15) is 5.75 Å². The minimum absolute atomic E-state index is 0.462. The second kappa shape index (κ2) is 7.56. The van der Waals surface area contributed by atoms with Gasteiger partial charge in [-0.1, -0.05) is 13.0 Å². The standard InChI is InChI=1S/C14H20N2O/c1-3-12(2)16-13-7-6-8-14(11-13)17-10-5-4-9-15/h6-8,11-12,16H,3-5,10H2,1-2H3. The molecule has 0 spiro atoms. The predicted molar refractivity (Wildman–Crippen MR) is 70.2 cm³/mol. The molecule has 1 atom stereocenters. The molecule has 0 fully saturated rings. The van der Waals surface area contributed by atoms with Gasteiger partial charge in [0.15, 0.2) is 0 Å². The highest BCUT2D eigenvalue weighted by Gasteiger charge is 2.00. The molecule has 0 heterocycles. The summed E-state index contributed by atoms with van der Waals surface area (Å²) in [5.74, 6) is 0.858. The van der Waals surface area contributed by atoms with E-state index in [1.54, 1.807) is 0 Å². The minimum Gasteiger partial charge on any atom is -0.493 e. The van der Waals surface area contributed by atoms with Crippen LogP contribution >= 0.6 is 0 Å². The van der Waals surface area contributed by atoms with Crippen molar-refractivity contribution in [1.29, 1.82) is 5.26 Å². The van der Waals surface area contributed by atoms with Crippen LogP contribution in [0.2, 0.25) is 0 Å². The molecule has 92 valence electrons. The van der Waals surface area contributed by atoms with Crippen LogP contribution in [0.5, 0.6) is 5.75 Å². The molecule has 1 N–H and O–H groups in total. The number of nitrogens with one attached hydrogen (secondary N) is 1. The summed E-state index contributed by atoms with van der Waals surface area (Å²) in [6, 6.07) is 10.5. The molecule has 0 radical (unpaired) electrons. The van der Waals surface area contributed by atoms with E-state index in [-0.39, 0.29) is 0 Å². The number of benzene rings is 1. The summed E-state index contributed by atoms with van der Waals surface area (Å²) >= 11 is 0. The van der Waals surface area contributed by atoms with Gasteiger partial charge in [-0.05, 0) is 31.9 Å². The van der Waals surface area contributed by atoms with Crippen LogP contribution in [0.4, 0.5) is 5.69 Å². The number of hydrogen-bond donors (Lipinski definition) is 1. The maximum Gasteiger partial charge on any atom is 0.121 e. The molecule has 0 amide bonds. The van der Waals surface area contributed by atoms with E-state index in [0.717, 1.165) is 24.3 Å². The van der Waals surface area contributed by atoms with Crippen LogP contribution in [0.1, 0.15) is 33.1 Å². The maximum atomic E-state index is 8.42. The summed E-state index contributed by atoms with van der Waals surface area (Å²) in [6.07, 6.45) is 2.41. The van der Waals surface area contributed by atoms with Crippen LogP contribution in [0.25, 0.3) is 0 Å². The second-order valence-corrected chi connectivity index (χ2v) is 4.09. The Kier molecular flexibility index (Phi) is 5.95. The van der Waals surface area contributed by atoms with Crippen molar-refractivity contribution in [2.45, 2.75) is 39.2 Å². The zero-order valence-electron chi connectivity index (χ0n) is 10.6. The van der Waals surface area contributed by atoms with Gasteiger partial charge >= 0.3 is 0 Å². The first kappa shape index (κ1) is 13.4. The molecule has 0 aromatic heterocycles. The minimum atomic E-state index is 0.462. The fourth-order valence-electron chi connectivity index (χ4n) is 1.40. The third kappa shape index (κ3) is 5.26. The molecule has 0 aliphatic heterocycles. The summed E-state index contributed by atoms with van der Waals surface area (Å²) in [4.78, 5) is 0. The summed E-state index contributed by atoms with van der Waals surface area (Å²) in [5, 5.41) is 11.8. The number of ether oxygens (including phenoxy) is 1. The quantitative estimate of drug-likeness (QED) is 0.731. The fourth-order valence-corrected chi connectivity index (χ4v) is 1.40. The van der Waals surface area contributed by atoms with Gasteiger partial charge in [-0.15, -0.1) is 0 Å². The van der Waals surface area contributed by atoms with E-state index in [1.165, 1.54) is 0 Å². The maximum absolute atomic E-state index is 8.42. The van der Waals surface area contributed by atoms with Crippen molar-refractivity contribution in [3.05, 3.63) is 24.3 Å². The number of anilines is 1. The first-order chi connectivity index (χ1) is 8.26. The van der Waals surface area contributed by atoms with Crippen molar-refractivity contribution in [3.63, 3.8) is 0 Å². The van der Waals surface area contributed by atoms with E-state index < -0.39 is 0 Å². The molecule has 3 nitrogen and oxygen atoms in total. The van der Waals surface area contributed by atoms with Gasteiger partial charge in [-0.2, -0.15) is 5.26 Å². The molecule has 0 bridgehead atoms. The molecular formula is C14H20N2O. The fraction of sp³-hybridized carbons (Fsp3) is 0.500. The summed E-state index contributed by atoms with van der Waals surface area (Å²) in [6.45, 7) is 4.90. The monoisotopic (exact) mass is 232 g/mol. The molecule has 0 aliphatic carbocycles. The highest BCUT2D eigenvalue weighted by Crippen LogP contribution is 2.18. The first-order valence-corrected chi connectivity index (χ1v) is 6.12. The van der Waals surface area contributed by atoms with E-state index >= 15 is 0 Å². The smallest absolute Gasteiger partial charge is 0.121 e. The average Bonchev–Trinajstić information content (AvgIpc) is 2.35. The Hall–Kier alpha value is -1.69. The van der Waals surface area contributed by atoms with Gasteiger partial charge in [0.05, 0.1) is 12.7 Å². The molecule has 1 rings (SSSR count). The second-order valence-electron chi connectivity index (χ2n) is 4.09. The molecular weight excluding hydrogens is 212 g/mol. The van der Waals surface area contributed by atoms with Crippen LogP contribution in [0.15, 0.2) is 24.3 Å². The largest absolute Gasteiger partial charge is 0.493 e. The lowest BCUT2D eigenvalue weighted by atomic mass is 10.2. The van der Waals surface area contributed by atoms with Gasteiger partial charge in [0.2, 0.25) is 0 Å². The Balaban J connectivity index is 2.45. The molecule has 1 unspecified atom stereocenters. The Morgan fingerprint density at radius 2 is 2.29 bits per heavy atom. The van der Waals surface area contributed by atoms with Crippen LogP contribution in [-0.4, -0.2) is 12.6 Å². The topological polar surface area (TPSA) is 45.0 Å². The van der Waals surface area contributed by atoms with Crippen LogP contribution < -0.4 is 10.1 Å². The highest BCUT2D eigenvalue weighted by atomic mass is 16.5. The summed E-state index contributed by atoms with van der Waals surface area (Å²) in [5.41, 5.74) is 1.08. The van der Waals surface area contributed by atoms with E-state index in [4.69, 9.17) is 10.00 Å². The van der Waals surface area contributed by atoms with Crippen LogP contribution in [0.3, 0.4) is 0 Å². The lowest BCUT2D eigenvalue weighted by Gasteiger charge is -2.14. The predicted octanol–water partition coefficient (Wildman–Crippen LogP) is 3.58. The van der Waals surface area contributed by atoms with Gasteiger partial charge in [0, 0.05) is 24.2 Å². The zero-order valence-corrected chi connectivity index (χ0v) is 10.6. The van der Waals surface area contributed by atoms with Crippen molar-refractivity contribution in [3.8, 4) is 11.8 Å². The van der Waals surface area contributed by atoms with Crippen molar-refractivity contribution in [1.82, 2.24) is 0 Å². The number of nitriles is 1. The zero-order chi connectivity index (χ0) is 12.5. The summed E-state index contributed by atoms with van der Waals surface area (Å²) < 4.78 is 5.57. The Bertz CT molecular complexity index is 371.